The highest BCUT2D eigenvalue weighted by atomic mass is 16.5. The summed E-state index contributed by atoms with van der Waals surface area (Å²) in [4.78, 5) is 8.36. The zero-order valence-electron chi connectivity index (χ0n) is 11.1. The standard InChI is InChI=1S/C15H16O.CH2O2/c1-12-8-10-15(11-9-12)16-13(2)14-6-4-3-5-7-14;2-1-3/h3-11,13H,1-2H3;1H,(H,2,3). The molecule has 0 spiro atoms. The molecule has 1 N–H and O–H groups in total. The molecule has 19 heavy (non-hydrogen) atoms. The second kappa shape index (κ2) is 7.93. The van der Waals surface area contributed by atoms with Gasteiger partial charge in [-0.1, -0.05) is 48.0 Å². The van der Waals surface area contributed by atoms with Crippen molar-refractivity contribution in [1.82, 2.24) is 0 Å². The van der Waals surface area contributed by atoms with Crippen LogP contribution in [0.1, 0.15) is 24.2 Å². The van der Waals surface area contributed by atoms with Crippen molar-refractivity contribution < 1.29 is 14.6 Å². The van der Waals surface area contributed by atoms with Crippen molar-refractivity contribution in [1.29, 1.82) is 0 Å². The number of carbonyl (C=O) groups is 1. The second-order valence-electron chi connectivity index (χ2n) is 4.09. The lowest BCUT2D eigenvalue weighted by molar-refractivity contribution is -0.122. The van der Waals surface area contributed by atoms with E-state index in [1.807, 2.05) is 30.3 Å². The van der Waals surface area contributed by atoms with Crippen LogP contribution in [-0.4, -0.2) is 11.6 Å². The molecule has 100 valence electrons. The Hall–Kier alpha value is -2.29. The van der Waals surface area contributed by atoms with Gasteiger partial charge in [0.25, 0.3) is 6.47 Å². The summed E-state index contributed by atoms with van der Waals surface area (Å²) in [6.07, 6.45) is 0.0870. The second-order valence-corrected chi connectivity index (χ2v) is 4.09. The van der Waals surface area contributed by atoms with Crippen molar-refractivity contribution in [2.24, 2.45) is 0 Å². The SMILES string of the molecule is Cc1ccc(OC(C)c2ccccc2)cc1.O=CO. The molecule has 0 heterocycles. The predicted molar refractivity (Wildman–Crippen MR) is 75.4 cm³/mol. The predicted octanol–water partition coefficient (Wildman–Crippen LogP) is 3.84. The lowest BCUT2D eigenvalue weighted by Crippen LogP contribution is -2.02. The van der Waals surface area contributed by atoms with Crippen LogP contribution in [0.2, 0.25) is 0 Å². The van der Waals surface area contributed by atoms with E-state index in [-0.39, 0.29) is 12.6 Å². The van der Waals surface area contributed by atoms with Crippen LogP contribution in [0.5, 0.6) is 5.75 Å². The first-order valence-electron chi connectivity index (χ1n) is 6.03. The third kappa shape index (κ3) is 5.25. The van der Waals surface area contributed by atoms with Gasteiger partial charge in [-0.15, -0.1) is 0 Å². The summed E-state index contributed by atoms with van der Waals surface area (Å²) in [5.74, 6) is 0.918. The van der Waals surface area contributed by atoms with Crippen molar-refractivity contribution in [3.63, 3.8) is 0 Å². The first-order chi connectivity index (χ1) is 9.17. The Kier molecular flexibility index (Phi) is 6.16. The van der Waals surface area contributed by atoms with E-state index in [9.17, 15) is 0 Å². The molecule has 1 unspecified atom stereocenters. The van der Waals surface area contributed by atoms with E-state index >= 15 is 0 Å². The van der Waals surface area contributed by atoms with Crippen molar-refractivity contribution >= 4 is 6.47 Å². The molecule has 2 rings (SSSR count). The van der Waals surface area contributed by atoms with E-state index in [1.165, 1.54) is 11.1 Å². The van der Waals surface area contributed by atoms with E-state index in [0.29, 0.717) is 0 Å². The molecule has 1 atom stereocenters. The highest BCUT2D eigenvalue weighted by Gasteiger charge is 2.05. The molecular weight excluding hydrogens is 240 g/mol. The molecule has 0 fully saturated rings. The van der Waals surface area contributed by atoms with Gasteiger partial charge in [-0.2, -0.15) is 0 Å². The molecule has 0 aliphatic heterocycles. The monoisotopic (exact) mass is 258 g/mol. The lowest BCUT2D eigenvalue weighted by Gasteiger charge is -2.15. The Morgan fingerprint density at radius 2 is 1.58 bits per heavy atom. The number of rotatable bonds is 3. The topological polar surface area (TPSA) is 46.5 Å². The van der Waals surface area contributed by atoms with Crippen LogP contribution in [0, 0.1) is 6.92 Å². The van der Waals surface area contributed by atoms with Gasteiger partial charge < -0.3 is 9.84 Å². The Morgan fingerprint density at radius 1 is 1.05 bits per heavy atom. The molecule has 0 radical (unpaired) electrons. The Balaban J connectivity index is 0.000000550. The largest absolute Gasteiger partial charge is 0.486 e. The van der Waals surface area contributed by atoms with Crippen molar-refractivity contribution in [2.45, 2.75) is 20.0 Å². The Labute approximate surface area is 113 Å². The lowest BCUT2D eigenvalue weighted by atomic mass is 10.1. The van der Waals surface area contributed by atoms with Crippen LogP contribution in [-0.2, 0) is 4.79 Å². The minimum absolute atomic E-state index is 0.0870. The van der Waals surface area contributed by atoms with Gasteiger partial charge in [0, 0.05) is 0 Å². The van der Waals surface area contributed by atoms with E-state index in [1.54, 1.807) is 0 Å². The molecule has 0 amide bonds. The summed E-state index contributed by atoms with van der Waals surface area (Å²) in [7, 11) is 0. The van der Waals surface area contributed by atoms with Crippen molar-refractivity contribution in [3.8, 4) is 5.75 Å². The summed E-state index contributed by atoms with van der Waals surface area (Å²) >= 11 is 0. The van der Waals surface area contributed by atoms with Crippen molar-refractivity contribution in [2.75, 3.05) is 0 Å². The average molecular weight is 258 g/mol. The van der Waals surface area contributed by atoms with Crippen LogP contribution in [0.4, 0.5) is 0 Å². The molecule has 3 heteroatoms. The van der Waals surface area contributed by atoms with E-state index in [0.717, 1.165) is 5.75 Å². The van der Waals surface area contributed by atoms with Gasteiger partial charge in [-0.3, -0.25) is 4.79 Å². The van der Waals surface area contributed by atoms with E-state index < -0.39 is 0 Å². The van der Waals surface area contributed by atoms with Crippen LogP contribution >= 0.6 is 0 Å². The first-order valence-corrected chi connectivity index (χ1v) is 6.03. The molecule has 0 saturated heterocycles. The Bertz CT molecular complexity index is 477. The summed E-state index contributed by atoms with van der Waals surface area (Å²) < 4.78 is 5.86. The minimum Gasteiger partial charge on any atom is -0.486 e. The maximum absolute atomic E-state index is 8.36. The summed E-state index contributed by atoms with van der Waals surface area (Å²) in [5, 5.41) is 6.89. The number of benzene rings is 2. The van der Waals surface area contributed by atoms with Crippen molar-refractivity contribution in [3.05, 3.63) is 65.7 Å². The first kappa shape index (κ1) is 14.8. The fraction of sp³-hybridized carbons (Fsp3) is 0.188. The normalized spacial score (nSPS) is 10.8. The smallest absolute Gasteiger partial charge is 0.290 e. The van der Waals surface area contributed by atoms with Gasteiger partial charge in [0.1, 0.15) is 11.9 Å². The highest BCUT2D eigenvalue weighted by molar-refractivity contribution is 5.32. The summed E-state index contributed by atoms with van der Waals surface area (Å²) in [6.45, 7) is 3.89. The van der Waals surface area contributed by atoms with E-state index in [4.69, 9.17) is 14.6 Å². The molecule has 2 aromatic rings. The zero-order chi connectivity index (χ0) is 14.1. The quantitative estimate of drug-likeness (QED) is 0.851. The van der Waals surface area contributed by atoms with Gasteiger partial charge in [-0.25, -0.2) is 0 Å². The van der Waals surface area contributed by atoms with Crippen LogP contribution in [0.25, 0.3) is 0 Å². The van der Waals surface area contributed by atoms with Crippen LogP contribution < -0.4 is 4.74 Å². The minimum atomic E-state index is -0.250. The van der Waals surface area contributed by atoms with E-state index in [2.05, 4.69) is 38.1 Å². The third-order valence-corrected chi connectivity index (χ3v) is 2.60. The molecule has 0 aromatic heterocycles. The zero-order valence-corrected chi connectivity index (χ0v) is 11.1. The number of hydrogen-bond acceptors (Lipinski definition) is 2. The van der Waals surface area contributed by atoms with Crippen LogP contribution in [0.3, 0.4) is 0 Å². The molecule has 3 nitrogen and oxygen atoms in total. The van der Waals surface area contributed by atoms with Gasteiger partial charge in [-0.05, 0) is 31.5 Å². The Morgan fingerprint density at radius 3 is 2.11 bits per heavy atom. The fourth-order valence-corrected chi connectivity index (χ4v) is 1.61. The maximum atomic E-state index is 8.36. The molecule has 0 bridgehead atoms. The molecule has 0 aliphatic carbocycles. The third-order valence-electron chi connectivity index (χ3n) is 2.60. The fourth-order valence-electron chi connectivity index (χ4n) is 1.61. The van der Waals surface area contributed by atoms with Gasteiger partial charge in [0.2, 0.25) is 0 Å². The average Bonchev–Trinajstić information content (AvgIpc) is 2.43. The maximum Gasteiger partial charge on any atom is 0.290 e. The summed E-state index contributed by atoms with van der Waals surface area (Å²) in [5.41, 5.74) is 2.45. The molecule has 2 aromatic carbocycles. The molecule has 0 saturated carbocycles. The van der Waals surface area contributed by atoms with Crippen LogP contribution in [0.15, 0.2) is 54.6 Å². The van der Waals surface area contributed by atoms with Gasteiger partial charge in [0.15, 0.2) is 0 Å². The number of ether oxygens (including phenoxy) is 1. The summed E-state index contributed by atoms with van der Waals surface area (Å²) in [6, 6.07) is 18.4. The van der Waals surface area contributed by atoms with Gasteiger partial charge >= 0.3 is 0 Å². The van der Waals surface area contributed by atoms with Gasteiger partial charge in [0.05, 0.1) is 0 Å². The number of hydrogen-bond donors (Lipinski definition) is 1. The number of aryl methyl sites for hydroxylation is 1. The number of carboxylic acid groups (broad SMARTS) is 1. The molecule has 0 aliphatic rings. The highest BCUT2D eigenvalue weighted by Crippen LogP contribution is 2.21. The molecular formula is C16H18O3.